The zero-order valence-electron chi connectivity index (χ0n) is 10.8. The molecular weight excluding hydrogens is 190 g/mol. The van der Waals surface area contributed by atoms with E-state index in [1.165, 1.54) is 38.5 Å². The van der Waals surface area contributed by atoms with E-state index in [1.54, 1.807) is 0 Å². The molecule has 0 rings (SSSR count). The largest absolute Gasteiger partial charge is 0.550 e. The van der Waals surface area contributed by atoms with Gasteiger partial charge in [-0.3, -0.25) is 0 Å². The van der Waals surface area contributed by atoms with Crippen molar-refractivity contribution in [3.05, 3.63) is 0 Å². The highest BCUT2D eigenvalue weighted by atomic mass is 16.4. The van der Waals surface area contributed by atoms with E-state index in [0.29, 0.717) is 5.54 Å². The van der Waals surface area contributed by atoms with Gasteiger partial charge in [0.05, 0.1) is 5.54 Å². The van der Waals surface area contributed by atoms with E-state index in [9.17, 15) is 0 Å². The number of carbonyl (C=O) groups is 1. The molecule has 0 aliphatic rings. The van der Waals surface area contributed by atoms with Gasteiger partial charge in [-0.2, -0.15) is 0 Å². The van der Waals surface area contributed by atoms with Crippen LogP contribution in [0.2, 0.25) is 0 Å². The van der Waals surface area contributed by atoms with E-state index in [2.05, 4.69) is 26.5 Å². The van der Waals surface area contributed by atoms with E-state index in [4.69, 9.17) is 9.90 Å². The predicted molar refractivity (Wildman–Crippen MR) is 61.0 cm³/mol. The highest BCUT2D eigenvalue weighted by molar-refractivity contribution is 5.60. The van der Waals surface area contributed by atoms with Crippen molar-refractivity contribution in [3.8, 4) is 0 Å². The third-order valence-corrected chi connectivity index (χ3v) is 2.81. The Balaban J connectivity index is 0. The van der Waals surface area contributed by atoms with Gasteiger partial charge < -0.3 is 15.6 Å². The molecule has 0 saturated carbocycles. The van der Waals surface area contributed by atoms with Crippen LogP contribution in [0.15, 0.2) is 0 Å². The standard InChI is InChI=1S/C10H23N.C2H4O2/c1-4-7-8-9-10(11,5-2)6-3;1-2(3)4/h4-9,11H2,1-3H3;1H3,(H,3,4). The van der Waals surface area contributed by atoms with E-state index in [1.807, 2.05) is 0 Å². The lowest BCUT2D eigenvalue weighted by atomic mass is 9.88. The number of hydrogen-bond donors (Lipinski definition) is 1. The summed E-state index contributed by atoms with van der Waals surface area (Å²) in [5.41, 5.74) is 4.66. The number of carbonyl (C=O) groups excluding carboxylic acids is 1. The third kappa shape index (κ3) is 13.4. The lowest BCUT2D eigenvalue weighted by Gasteiger charge is -2.22. The smallest absolute Gasteiger partial charge is 0.0940 e. The Morgan fingerprint density at radius 3 is 1.87 bits per heavy atom. The Bertz CT molecular complexity index is 150. The van der Waals surface area contributed by atoms with Crippen LogP contribution in [0, 0.1) is 0 Å². The molecule has 0 aliphatic heterocycles. The summed E-state index contributed by atoms with van der Waals surface area (Å²) in [5.74, 6) is -1.08. The maximum atomic E-state index is 8.89. The van der Waals surface area contributed by atoms with Crippen LogP contribution in [0.4, 0.5) is 0 Å². The number of aliphatic carboxylic acids is 1. The molecule has 0 radical (unpaired) electrons. The Morgan fingerprint density at radius 1 is 1.20 bits per heavy atom. The number of quaternary nitrogens is 1. The molecule has 0 spiro atoms. The SMILES string of the molecule is CC(=O)[O-].CCCCCC([NH3+])(CC)CC. The average Bonchev–Trinajstić information content (AvgIpc) is 2.17. The first-order valence-electron chi connectivity index (χ1n) is 5.94. The molecule has 0 aliphatic carbocycles. The summed E-state index contributed by atoms with van der Waals surface area (Å²) in [6.45, 7) is 7.73. The number of hydrogen-bond acceptors (Lipinski definition) is 2. The fraction of sp³-hybridized carbons (Fsp3) is 0.917. The molecule has 0 aromatic heterocycles. The Hall–Kier alpha value is -0.570. The molecule has 0 saturated heterocycles. The van der Waals surface area contributed by atoms with E-state index >= 15 is 0 Å². The van der Waals surface area contributed by atoms with Crippen LogP contribution in [0.1, 0.15) is 66.2 Å². The Morgan fingerprint density at radius 2 is 1.60 bits per heavy atom. The van der Waals surface area contributed by atoms with Gasteiger partial charge >= 0.3 is 0 Å². The molecule has 15 heavy (non-hydrogen) atoms. The highest BCUT2D eigenvalue weighted by Gasteiger charge is 2.22. The molecule has 3 N–H and O–H groups in total. The van der Waals surface area contributed by atoms with Crippen molar-refractivity contribution in [1.82, 2.24) is 0 Å². The molecule has 0 fully saturated rings. The molecule has 0 atom stereocenters. The second kappa shape index (κ2) is 9.97. The highest BCUT2D eigenvalue weighted by Crippen LogP contribution is 2.17. The molecule has 3 heteroatoms. The molecule has 0 unspecified atom stereocenters. The molecule has 3 nitrogen and oxygen atoms in total. The van der Waals surface area contributed by atoms with Crippen LogP contribution in [-0.2, 0) is 4.79 Å². The van der Waals surface area contributed by atoms with Gasteiger partial charge in [-0.05, 0) is 26.2 Å². The molecule has 0 bridgehead atoms. The van der Waals surface area contributed by atoms with Gasteiger partial charge in [0.15, 0.2) is 0 Å². The van der Waals surface area contributed by atoms with Gasteiger partial charge in [0.2, 0.25) is 0 Å². The summed E-state index contributed by atoms with van der Waals surface area (Å²) in [4.78, 5) is 8.89. The van der Waals surface area contributed by atoms with Crippen LogP contribution in [0.3, 0.4) is 0 Å². The molecule has 0 aromatic rings. The van der Waals surface area contributed by atoms with Crippen molar-refractivity contribution in [2.75, 3.05) is 0 Å². The van der Waals surface area contributed by atoms with Crippen LogP contribution in [-0.4, -0.2) is 11.5 Å². The van der Waals surface area contributed by atoms with Gasteiger partial charge in [-0.15, -0.1) is 0 Å². The van der Waals surface area contributed by atoms with Gasteiger partial charge in [0, 0.05) is 12.4 Å². The lowest BCUT2D eigenvalue weighted by molar-refractivity contribution is -0.481. The summed E-state index contributed by atoms with van der Waals surface area (Å²) in [5, 5.41) is 8.89. The summed E-state index contributed by atoms with van der Waals surface area (Å²) >= 11 is 0. The first-order valence-corrected chi connectivity index (χ1v) is 5.94. The van der Waals surface area contributed by atoms with Crippen molar-refractivity contribution in [2.24, 2.45) is 0 Å². The van der Waals surface area contributed by atoms with Crippen LogP contribution in [0.25, 0.3) is 0 Å². The summed E-state index contributed by atoms with van der Waals surface area (Å²) in [6.07, 6.45) is 7.83. The Kier molecular flexibility index (Phi) is 11.2. The summed E-state index contributed by atoms with van der Waals surface area (Å²) in [6, 6.07) is 0. The van der Waals surface area contributed by atoms with Gasteiger partial charge in [0.1, 0.15) is 0 Å². The average molecular weight is 217 g/mol. The van der Waals surface area contributed by atoms with Crippen molar-refractivity contribution >= 4 is 5.97 Å². The zero-order valence-corrected chi connectivity index (χ0v) is 10.8. The second-order valence-corrected chi connectivity index (χ2v) is 4.16. The zero-order chi connectivity index (χ0) is 12.3. The fourth-order valence-electron chi connectivity index (χ4n) is 1.35. The molecule has 0 amide bonds. The van der Waals surface area contributed by atoms with E-state index in [0.717, 1.165) is 6.92 Å². The minimum atomic E-state index is -1.08. The van der Waals surface area contributed by atoms with Crippen molar-refractivity contribution < 1.29 is 15.6 Å². The van der Waals surface area contributed by atoms with E-state index in [-0.39, 0.29) is 0 Å². The quantitative estimate of drug-likeness (QED) is 0.677. The number of rotatable bonds is 6. The minimum Gasteiger partial charge on any atom is -0.550 e. The summed E-state index contributed by atoms with van der Waals surface area (Å²) < 4.78 is 0. The lowest BCUT2D eigenvalue weighted by Crippen LogP contribution is -2.71. The van der Waals surface area contributed by atoms with Crippen molar-refractivity contribution in [3.63, 3.8) is 0 Å². The van der Waals surface area contributed by atoms with Crippen LogP contribution in [0.5, 0.6) is 0 Å². The molecule has 0 aromatic carbocycles. The summed E-state index contributed by atoms with van der Waals surface area (Å²) in [7, 11) is 0. The van der Waals surface area contributed by atoms with Gasteiger partial charge in [0.25, 0.3) is 0 Å². The maximum absolute atomic E-state index is 8.89. The number of carboxylic acids is 1. The third-order valence-electron chi connectivity index (χ3n) is 2.81. The van der Waals surface area contributed by atoms with Gasteiger partial charge in [-0.25, -0.2) is 0 Å². The normalized spacial score (nSPS) is 10.5. The first-order chi connectivity index (χ1) is 6.91. The van der Waals surface area contributed by atoms with Crippen LogP contribution < -0.4 is 10.8 Å². The topological polar surface area (TPSA) is 67.8 Å². The predicted octanol–water partition coefficient (Wildman–Crippen LogP) is 1.12. The fourth-order valence-corrected chi connectivity index (χ4v) is 1.35. The van der Waals surface area contributed by atoms with Crippen LogP contribution >= 0.6 is 0 Å². The van der Waals surface area contributed by atoms with Crippen molar-refractivity contribution in [2.45, 2.75) is 71.8 Å². The number of unbranched alkanes of at least 4 members (excludes halogenated alkanes) is 2. The number of carboxylic acid groups (broad SMARTS) is 1. The Labute approximate surface area is 94.1 Å². The maximum Gasteiger partial charge on any atom is 0.0940 e. The molecule has 0 heterocycles. The van der Waals surface area contributed by atoms with Crippen molar-refractivity contribution in [1.29, 1.82) is 0 Å². The molecular formula is C12H27NO2. The first kappa shape index (κ1) is 16.8. The molecule has 92 valence electrons. The second-order valence-electron chi connectivity index (χ2n) is 4.16. The minimum absolute atomic E-state index is 0.384. The van der Waals surface area contributed by atoms with E-state index < -0.39 is 5.97 Å². The van der Waals surface area contributed by atoms with Gasteiger partial charge in [-0.1, -0.05) is 33.6 Å². The monoisotopic (exact) mass is 217 g/mol.